The van der Waals surface area contributed by atoms with Crippen LogP contribution in [0.1, 0.15) is 46.5 Å². The van der Waals surface area contributed by atoms with Crippen LogP contribution in [0, 0.1) is 5.92 Å². The van der Waals surface area contributed by atoms with Gasteiger partial charge in [-0.25, -0.2) is 0 Å². The van der Waals surface area contributed by atoms with Gasteiger partial charge < -0.3 is 29.7 Å². The maximum absolute atomic E-state index is 5.75. The second-order valence-electron chi connectivity index (χ2n) is 8.68. The second kappa shape index (κ2) is 18.3. The Morgan fingerprint density at radius 2 is 1.85 bits per heavy atom. The number of methoxy groups -OCH3 is 1. The number of halogens is 1. The quantitative estimate of drug-likeness (QED) is 0.146. The molecule has 0 radical (unpaired) electrons. The fourth-order valence-corrected chi connectivity index (χ4v) is 3.72. The van der Waals surface area contributed by atoms with Crippen molar-refractivity contribution in [3.05, 3.63) is 24.3 Å². The van der Waals surface area contributed by atoms with Gasteiger partial charge in [0.2, 0.25) is 0 Å². The molecule has 1 aromatic carbocycles. The molecule has 1 heterocycles. The highest BCUT2D eigenvalue weighted by Crippen LogP contribution is 2.19. The molecule has 1 aliphatic rings. The van der Waals surface area contributed by atoms with E-state index in [2.05, 4.69) is 22.5 Å². The Morgan fingerprint density at radius 1 is 1.12 bits per heavy atom. The van der Waals surface area contributed by atoms with E-state index in [4.69, 9.17) is 19.2 Å². The van der Waals surface area contributed by atoms with Crippen LogP contribution in [-0.4, -0.2) is 76.6 Å². The predicted molar refractivity (Wildman–Crippen MR) is 148 cm³/mol. The first-order valence-electron chi connectivity index (χ1n) is 12.2. The van der Waals surface area contributed by atoms with Crippen LogP contribution in [0.25, 0.3) is 0 Å². The molecular formula is C25H45IN4O3. The number of hydrogen-bond donors (Lipinski definition) is 2. The van der Waals surface area contributed by atoms with E-state index in [0.717, 1.165) is 36.9 Å². The van der Waals surface area contributed by atoms with Crippen molar-refractivity contribution in [2.75, 3.05) is 65.0 Å². The summed E-state index contributed by atoms with van der Waals surface area (Å²) in [5, 5.41) is 6.91. The van der Waals surface area contributed by atoms with Crippen LogP contribution >= 0.6 is 24.0 Å². The van der Waals surface area contributed by atoms with Gasteiger partial charge in [-0.05, 0) is 89.3 Å². The predicted octanol–water partition coefficient (Wildman–Crippen LogP) is 4.62. The molecule has 0 spiro atoms. The van der Waals surface area contributed by atoms with Crippen molar-refractivity contribution in [1.29, 1.82) is 0 Å². The average Bonchev–Trinajstić information content (AvgIpc) is 2.78. The number of hydrogen-bond acceptors (Lipinski definition) is 5. The van der Waals surface area contributed by atoms with Crippen molar-refractivity contribution in [1.82, 2.24) is 10.2 Å². The topological polar surface area (TPSA) is 67.4 Å². The molecule has 0 bridgehead atoms. The Labute approximate surface area is 218 Å². The standard InChI is InChI=1S/C25H44N4O3.HI/c1-5-14-29-15-11-22(12-16-29)20-27-25(26-13-6-17-31-19-18-30-4)28-23-7-9-24(10-8-23)32-21(2)3;/h7-10,21-22H,5-6,11-20H2,1-4H3,(H2,26,27,28);1H. The Kier molecular flexibility index (Phi) is 16.6. The molecule has 8 heteroatoms. The van der Waals surface area contributed by atoms with Gasteiger partial charge in [0, 0.05) is 32.5 Å². The third-order valence-corrected chi connectivity index (χ3v) is 5.43. The van der Waals surface area contributed by atoms with Crippen LogP contribution in [0.15, 0.2) is 29.3 Å². The second-order valence-corrected chi connectivity index (χ2v) is 8.68. The third-order valence-electron chi connectivity index (χ3n) is 5.43. The number of nitrogens with one attached hydrogen (secondary N) is 2. The normalized spacial score (nSPS) is 15.4. The van der Waals surface area contributed by atoms with Crippen molar-refractivity contribution < 1.29 is 14.2 Å². The molecule has 0 saturated carbocycles. The molecule has 7 nitrogen and oxygen atoms in total. The van der Waals surface area contributed by atoms with Crippen LogP contribution in [0.2, 0.25) is 0 Å². The lowest BCUT2D eigenvalue weighted by atomic mass is 9.97. The molecule has 0 unspecified atom stereocenters. The summed E-state index contributed by atoms with van der Waals surface area (Å²) in [5.74, 6) is 2.36. The van der Waals surface area contributed by atoms with Crippen molar-refractivity contribution >= 4 is 35.6 Å². The fraction of sp³-hybridized carbons (Fsp3) is 0.720. The number of ether oxygens (including phenoxy) is 3. The minimum absolute atomic E-state index is 0. The van der Waals surface area contributed by atoms with Gasteiger partial charge in [-0.1, -0.05) is 6.92 Å². The molecule has 1 fully saturated rings. The molecule has 2 rings (SSSR count). The first kappa shape index (κ1) is 29.9. The zero-order chi connectivity index (χ0) is 23.0. The van der Waals surface area contributed by atoms with E-state index >= 15 is 0 Å². The molecule has 0 amide bonds. The lowest BCUT2D eigenvalue weighted by molar-refractivity contribution is 0.0699. The lowest BCUT2D eigenvalue weighted by Crippen LogP contribution is -2.36. The molecule has 33 heavy (non-hydrogen) atoms. The largest absolute Gasteiger partial charge is 0.491 e. The van der Waals surface area contributed by atoms with Gasteiger partial charge in [0.15, 0.2) is 5.96 Å². The minimum Gasteiger partial charge on any atom is -0.491 e. The molecule has 0 aromatic heterocycles. The number of piperidine rings is 1. The summed E-state index contributed by atoms with van der Waals surface area (Å²) in [7, 11) is 1.69. The van der Waals surface area contributed by atoms with Crippen LogP contribution in [0.5, 0.6) is 5.75 Å². The smallest absolute Gasteiger partial charge is 0.195 e. The van der Waals surface area contributed by atoms with Gasteiger partial charge in [0.25, 0.3) is 0 Å². The van der Waals surface area contributed by atoms with E-state index in [1.807, 2.05) is 38.1 Å². The minimum atomic E-state index is 0. The zero-order valence-corrected chi connectivity index (χ0v) is 23.3. The van der Waals surface area contributed by atoms with Gasteiger partial charge in [-0.3, -0.25) is 4.99 Å². The highest BCUT2D eigenvalue weighted by atomic mass is 127. The molecule has 0 atom stereocenters. The van der Waals surface area contributed by atoms with E-state index in [-0.39, 0.29) is 30.1 Å². The number of aliphatic imine (C=N–C) groups is 1. The Balaban J connectivity index is 0.00000544. The Morgan fingerprint density at radius 3 is 2.48 bits per heavy atom. The molecule has 2 N–H and O–H groups in total. The number of guanidine groups is 1. The maximum Gasteiger partial charge on any atom is 0.195 e. The van der Waals surface area contributed by atoms with Crippen LogP contribution < -0.4 is 15.4 Å². The van der Waals surface area contributed by atoms with Crippen LogP contribution in [0.3, 0.4) is 0 Å². The summed E-state index contributed by atoms with van der Waals surface area (Å²) in [5.41, 5.74) is 1.00. The molecule has 0 aliphatic carbocycles. The highest BCUT2D eigenvalue weighted by molar-refractivity contribution is 14.0. The van der Waals surface area contributed by atoms with Gasteiger partial charge in [-0.2, -0.15) is 0 Å². The summed E-state index contributed by atoms with van der Waals surface area (Å²) in [6.07, 6.45) is 4.77. The third kappa shape index (κ3) is 13.4. The van der Waals surface area contributed by atoms with Crippen molar-refractivity contribution in [3.8, 4) is 5.75 Å². The van der Waals surface area contributed by atoms with Crippen molar-refractivity contribution in [3.63, 3.8) is 0 Å². The summed E-state index contributed by atoms with van der Waals surface area (Å²) in [4.78, 5) is 7.49. The first-order chi connectivity index (χ1) is 15.6. The average molecular weight is 577 g/mol. The molecule has 1 aliphatic heterocycles. The van der Waals surface area contributed by atoms with E-state index in [1.165, 1.54) is 38.9 Å². The Bertz CT molecular complexity index is 635. The number of nitrogens with zero attached hydrogens (tertiary/aromatic N) is 2. The van der Waals surface area contributed by atoms with Crippen LogP contribution in [-0.2, 0) is 9.47 Å². The molecule has 190 valence electrons. The number of anilines is 1. The number of rotatable bonds is 14. The van der Waals surface area contributed by atoms with E-state index in [1.54, 1.807) is 7.11 Å². The zero-order valence-electron chi connectivity index (χ0n) is 21.0. The molecular weight excluding hydrogens is 531 g/mol. The summed E-state index contributed by atoms with van der Waals surface area (Å²) >= 11 is 0. The Hall–Kier alpha value is -1.10. The summed E-state index contributed by atoms with van der Waals surface area (Å²) in [6, 6.07) is 8.05. The lowest BCUT2D eigenvalue weighted by Gasteiger charge is -2.31. The van der Waals surface area contributed by atoms with Gasteiger partial charge in [0.1, 0.15) is 5.75 Å². The highest BCUT2D eigenvalue weighted by Gasteiger charge is 2.18. The van der Waals surface area contributed by atoms with E-state index in [9.17, 15) is 0 Å². The summed E-state index contributed by atoms with van der Waals surface area (Å²) in [6.45, 7) is 13.6. The number of likely N-dealkylation sites (tertiary alicyclic amines) is 1. The maximum atomic E-state index is 5.75. The monoisotopic (exact) mass is 576 g/mol. The fourth-order valence-electron chi connectivity index (χ4n) is 3.72. The van der Waals surface area contributed by atoms with Gasteiger partial charge >= 0.3 is 0 Å². The first-order valence-corrected chi connectivity index (χ1v) is 12.2. The molecule has 1 aromatic rings. The van der Waals surface area contributed by atoms with Crippen LogP contribution in [0.4, 0.5) is 5.69 Å². The van der Waals surface area contributed by atoms with Gasteiger partial charge in [-0.15, -0.1) is 24.0 Å². The van der Waals surface area contributed by atoms with Crippen molar-refractivity contribution in [2.24, 2.45) is 10.9 Å². The number of benzene rings is 1. The van der Waals surface area contributed by atoms with E-state index < -0.39 is 0 Å². The SMILES string of the molecule is CCCN1CCC(CN=C(NCCCOCCOC)Nc2ccc(OC(C)C)cc2)CC1.I. The molecule has 1 saturated heterocycles. The van der Waals surface area contributed by atoms with Gasteiger partial charge in [0.05, 0.1) is 19.3 Å². The summed E-state index contributed by atoms with van der Waals surface area (Å²) < 4.78 is 16.3. The van der Waals surface area contributed by atoms with Crippen molar-refractivity contribution in [2.45, 2.75) is 52.6 Å². The van der Waals surface area contributed by atoms with E-state index in [0.29, 0.717) is 25.7 Å².